The predicted octanol–water partition coefficient (Wildman–Crippen LogP) is 3.10. The Labute approximate surface area is 170 Å². The van der Waals surface area contributed by atoms with Gasteiger partial charge in [-0.2, -0.15) is 13.2 Å². The van der Waals surface area contributed by atoms with E-state index in [0.29, 0.717) is 17.4 Å². The highest BCUT2D eigenvalue weighted by atomic mass is 127. The summed E-state index contributed by atoms with van der Waals surface area (Å²) >= 11 is 3.45. The van der Waals surface area contributed by atoms with Gasteiger partial charge in [0.25, 0.3) is 0 Å². The Kier molecular flexibility index (Phi) is 10.4. The van der Waals surface area contributed by atoms with Gasteiger partial charge in [0, 0.05) is 32.2 Å². The molecule has 1 N–H and O–H groups in total. The molecule has 0 fully saturated rings. The summed E-state index contributed by atoms with van der Waals surface area (Å²) in [5.74, 6) is -0.248. The highest BCUT2D eigenvalue weighted by molar-refractivity contribution is 14.0. The fourth-order valence-electron chi connectivity index (χ4n) is 1.99. The van der Waals surface area contributed by atoms with Crippen LogP contribution in [0.1, 0.15) is 5.56 Å². The molecule has 0 atom stereocenters. The molecule has 1 amide bonds. The van der Waals surface area contributed by atoms with Crippen LogP contribution in [0.4, 0.5) is 13.2 Å². The molecular weight excluding hydrogens is 516 g/mol. The summed E-state index contributed by atoms with van der Waals surface area (Å²) in [5.41, 5.74) is 1.02. The first-order chi connectivity index (χ1) is 11.1. The second-order valence-corrected chi connectivity index (χ2v) is 6.07. The number of halogens is 5. The van der Waals surface area contributed by atoms with Crippen molar-refractivity contribution in [3.63, 3.8) is 0 Å². The number of likely N-dealkylation sites (N-methyl/N-ethyl adjacent to an activating group) is 1. The molecule has 0 unspecified atom stereocenters. The van der Waals surface area contributed by atoms with Crippen molar-refractivity contribution in [3.8, 4) is 0 Å². The molecule has 0 bridgehead atoms. The first-order valence-corrected chi connectivity index (χ1v) is 7.89. The van der Waals surface area contributed by atoms with Gasteiger partial charge < -0.3 is 15.1 Å². The summed E-state index contributed by atoms with van der Waals surface area (Å²) in [4.78, 5) is 18.2. The van der Waals surface area contributed by atoms with Crippen molar-refractivity contribution in [1.82, 2.24) is 15.1 Å². The summed E-state index contributed by atoms with van der Waals surface area (Å²) in [7, 11) is 4.44. The van der Waals surface area contributed by atoms with Crippen LogP contribution >= 0.6 is 39.9 Å². The molecule has 0 spiro atoms. The molecule has 0 aliphatic rings. The fourth-order valence-corrected chi connectivity index (χ4v) is 2.40. The van der Waals surface area contributed by atoms with Gasteiger partial charge in [-0.05, 0) is 11.6 Å². The number of carbonyl (C=O) groups is 1. The minimum atomic E-state index is -4.41. The fraction of sp³-hybridized carbons (Fsp3) is 0.467. The maximum absolute atomic E-state index is 12.3. The first-order valence-electron chi connectivity index (χ1n) is 7.10. The number of aliphatic imine (C=N–C) groups is 1. The van der Waals surface area contributed by atoms with E-state index < -0.39 is 18.6 Å². The third kappa shape index (κ3) is 8.75. The zero-order valence-electron chi connectivity index (χ0n) is 14.1. The van der Waals surface area contributed by atoms with Gasteiger partial charge in [0.05, 0.1) is 6.54 Å². The quantitative estimate of drug-likeness (QED) is 0.357. The Bertz CT molecular complexity index is 598. The molecule has 0 saturated carbocycles. The number of nitrogens with one attached hydrogen (secondary N) is 1. The number of carbonyl (C=O) groups excluding carboxylic acids is 1. The van der Waals surface area contributed by atoms with Crippen LogP contribution in [0.3, 0.4) is 0 Å². The van der Waals surface area contributed by atoms with Crippen molar-refractivity contribution < 1.29 is 18.0 Å². The van der Waals surface area contributed by atoms with Gasteiger partial charge in [-0.1, -0.05) is 34.1 Å². The van der Waals surface area contributed by atoms with Crippen LogP contribution in [0.2, 0.25) is 0 Å². The molecule has 142 valence electrons. The average Bonchev–Trinajstić information content (AvgIpc) is 2.48. The van der Waals surface area contributed by atoms with Crippen molar-refractivity contribution in [2.45, 2.75) is 12.7 Å². The monoisotopic (exact) mass is 536 g/mol. The highest BCUT2D eigenvalue weighted by Gasteiger charge is 2.31. The number of rotatable bonds is 5. The van der Waals surface area contributed by atoms with Crippen LogP contribution in [-0.4, -0.2) is 62.1 Å². The van der Waals surface area contributed by atoms with Crippen molar-refractivity contribution in [2.75, 3.05) is 34.2 Å². The van der Waals surface area contributed by atoms with Crippen molar-refractivity contribution in [1.29, 1.82) is 0 Å². The molecule has 1 rings (SSSR count). The van der Waals surface area contributed by atoms with Crippen LogP contribution in [0.25, 0.3) is 0 Å². The lowest BCUT2D eigenvalue weighted by Gasteiger charge is -2.24. The van der Waals surface area contributed by atoms with Crippen LogP contribution in [0, 0.1) is 0 Å². The first kappa shape index (κ1) is 24.0. The van der Waals surface area contributed by atoms with E-state index in [2.05, 4.69) is 26.2 Å². The lowest BCUT2D eigenvalue weighted by Crippen LogP contribution is -2.45. The second-order valence-electron chi connectivity index (χ2n) is 5.21. The zero-order chi connectivity index (χ0) is 18.3. The third-order valence-corrected chi connectivity index (χ3v) is 3.95. The number of hydrogen-bond donors (Lipinski definition) is 1. The number of nitrogens with zero attached hydrogens (tertiary/aromatic N) is 3. The summed E-state index contributed by atoms with van der Waals surface area (Å²) in [6.45, 7) is -1.02. The SMILES string of the molecule is CN=C(NCC(=O)N(C)CC(F)(F)F)N(C)Cc1ccccc1Br.I. The van der Waals surface area contributed by atoms with Gasteiger partial charge >= 0.3 is 6.18 Å². The summed E-state index contributed by atoms with van der Waals surface area (Å²) in [5, 5.41) is 2.78. The number of amides is 1. The van der Waals surface area contributed by atoms with E-state index in [1.165, 1.54) is 0 Å². The Balaban J connectivity index is 0.00000576. The van der Waals surface area contributed by atoms with Crippen LogP contribution in [0.15, 0.2) is 33.7 Å². The van der Waals surface area contributed by atoms with E-state index in [1.54, 1.807) is 19.0 Å². The van der Waals surface area contributed by atoms with Crippen molar-refractivity contribution in [3.05, 3.63) is 34.3 Å². The van der Waals surface area contributed by atoms with Gasteiger partial charge in [0.1, 0.15) is 6.54 Å². The molecule has 1 aromatic rings. The largest absolute Gasteiger partial charge is 0.406 e. The molecule has 0 aliphatic carbocycles. The molecular formula is C15H21BrF3IN4O. The molecule has 1 aromatic carbocycles. The number of benzene rings is 1. The third-order valence-electron chi connectivity index (χ3n) is 3.18. The predicted molar refractivity (Wildman–Crippen MR) is 106 cm³/mol. The lowest BCUT2D eigenvalue weighted by atomic mass is 10.2. The summed E-state index contributed by atoms with van der Waals surface area (Å²) < 4.78 is 37.8. The molecule has 0 aromatic heterocycles. The normalized spacial score (nSPS) is 11.6. The van der Waals surface area contributed by atoms with Gasteiger partial charge in [0.2, 0.25) is 5.91 Å². The Morgan fingerprint density at radius 1 is 1.24 bits per heavy atom. The Morgan fingerprint density at radius 3 is 2.36 bits per heavy atom. The zero-order valence-corrected chi connectivity index (χ0v) is 18.0. The van der Waals surface area contributed by atoms with E-state index in [9.17, 15) is 18.0 Å². The van der Waals surface area contributed by atoms with Crippen molar-refractivity contribution in [2.24, 2.45) is 4.99 Å². The van der Waals surface area contributed by atoms with Gasteiger partial charge in [-0.3, -0.25) is 9.79 Å². The van der Waals surface area contributed by atoms with E-state index in [-0.39, 0.29) is 30.5 Å². The lowest BCUT2D eigenvalue weighted by molar-refractivity contribution is -0.157. The minimum absolute atomic E-state index is 0. The molecule has 0 heterocycles. The second kappa shape index (κ2) is 10.8. The maximum atomic E-state index is 12.3. The molecule has 0 radical (unpaired) electrons. The molecule has 0 aliphatic heterocycles. The topological polar surface area (TPSA) is 47.9 Å². The maximum Gasteiger partial charge on any atom is 0.406 e. The number of guanidine groups is 1. The Morgan fingerprint density at radius 2 is 1.84 bits per heavy atom. The average molecular weight is 537 g/mol. The number of alkyl halides is 3. The molecule has 10 heteroatoms. The number of hydrogen-bond acceptors (Lipinski definition) is 2. The van der Waals surface area contributed by atoms with E-state index >= 15 is 0 Å². The highest BCUT2D eigenvalue weighted by Crippen LogP contribution is 2.17. The van der Waals surface area contributed by atoms with E-state index in [1.807, 2.05) is 24.3 Å². The van der Waals surface area contributed by atoms with Crippen LogP contribution in [-0.2, 0) is 11.3 Å². The van der Waals surface area contributed by atoms with Gasteiger partial charge in [-0.15, -0.1) is 24.0 Å². The Hall–Kier alpha value is -1.04. The van der Waals surface area contributed by atoms with E-state index in [4.69, 9.17) is 0 Å². The van der Waals surface area contributed by atoms with E-state index in [0.717, 1.165) is 17.1 Å². The van der Waals surface area contributed by atoms with Gasteiger partial charge in [-0.25, -0.2) is 0 Å². The smallest absolute Gasteiger partial charge is 0.347 e. The summed E-state index contributed by atoms with van der Waals surface area (Å²) in [6.07, 6.45) is -4.41. The standard InChI is InChI=1S/C15H20BrF3N4O.HI/c1-20-14(21-8-13(24)23(3)10-15(17,18)19)22(2)9-11-6-4-5-7-12(11)16;/h4-7H,8-10H2,1-3H3,(H,20,21);1H. The van der Waals surface area contributed by atoms with Crippen molar-refractivity contribution >= 4 is 51.8 Å². The van der Waals surface area contributed by atoms with Crippen LogP contribution < -0.4 is 5.32 Å². The molecule has 0 saturated heterocycles. The molecule has 25 heavy (non-hydrogen) atoms. The minimum Gasteiger partial charge on any atom is -0.347 e. The molecule has 5 nitrogen and oxygen atoms in total. The van der Waals surface area contributed by atoms with Crippen LogP contribution in [0.5, 0.6) is 0 Å². The summed E-state index contributed by atoms with van der Waals surface area (Å²) in [6, 6.07) is 7.65. The van der Waals surface area contributed by atoms with Gasteiger partial charge in [0.15, 0.2) is 5.96 Å².